The lowest BCUT2D eigenvalue weighted by Crippen LogP contribution is -2.33. The first kappa shape index (κ1) is 11.2. The van der Waals surface area contributed by atoms with Crippen LogP contribution in [0, 0.1) is 6.92 Å². The summed E-state index contributed by atoms with van der Waals surface area (Å²) in [5, 5.41) is 3.42. The number of nitrogens with zero attached hydrogens (tertiary/aromatic N) is 1. The fourth-order valence-corrected chi connectivity index (χ4v) is 2.04. The first-order valence-corrected chi connectivity index (χ1v) is 5.68. The summed E-state index contributed by atoms with van der Waals surface area (Å²) < 4.78 is 5.36. The van der Waals surface area contributed by atoms with Crippen molar-refractivity contribution in [3.05, 3.63) is 23.7 Å². The van der Waals surface area contributed by atoms with E-state index in [9.17, 15) is 4.79 Å². The Bertz CT molecular complexity index is 373. The molecule has 1 aliphatic rings. The van der Waals surface area contributed by atoms with Crippen molar-refractivity contribution in [3.63, 3.8) is 0 Å². The number of rotatable bonds is 3. The number of hydrogen-bond donors (Lipinski definition) is 1. The standard InChI is InChI=1S/C12H18N2O2/c1-9-4-6-16-12(9)7-13-11-3-5-14(8-11)10(2)15/h4,6,11,13H,3,5,7-8H2,1-2H3. The van der Waals surface area contributed by atoms with Gasteiger partial charge in [0.2, 0.25) is 5.91 Å². The van der Waals surface area contributed by atoms with Crippen molar-refractivity contribution in [2.75, 3.05) is 13.1 Å². The first-order valence-electron chi connectivity index (χ1n) is 5.68. The van der Waals surface area contributed by atoms with Crippen LogP contribution in [0.3, 0.4) is 0 Å². The zero-order valence-corrected chi connectivity index (χ0v) is 9.82. The molecular weight excluding hydrogens is 204 g/mol. The summed E-state index contributed by atoms with van der Waals surface area (Å²) >= 11 is 0. The molecule has 4 heteroatoms. The molecule has 0 spiro atoms. The number of nitrogens with one attached hydrogen (secondary N) is 1. The second-order valence-electron chi connectivity index (χ2n) is 4.36. The molecule has 1 amide bonds. The highest BCUT2D eigenvalue weighted by Crippen LogP contribution is 2.12. The average Bonchev–Trinajstić information content (AvgIpc) is 2.83. The Kier molecular flexibility index (Phi) is 3.29. The van der Waals surface area contributed by atoms with Crippen LogP contribution in [0.5, 0.6) is 0 Å². The van der Waals surface area contributed by atoms with Crippen LogP contribution in [0.1, 0.15) is 24.7 Å². The summed E-state index contributed by atoms with van der Waals surface area (Å²) in [5.74, 6) is 1.15. The third-order valence-electron chi connectivity index (χ3n) is 3.15. The number of amides is 1. The molecule has 0 saturated carbocycles. The Morgan fingerprint density at radius 1 is 1.69 bits per heavy atom. The van der Waals surface area contributed by atoms with E-state index in [2.05, 4.69) is 5.32 Å². The summed E-state index contributed by atoms with van der Waals surface area (Å²) in [6, 6.07) is 2.36. The SMILES string of the molecule is CC(=O)N1CCC(NCc2occc2C)C1. The van der Waals surface area contributed by atoms with Gasteiger partial charge in [-0.05, 0) is 25.0 Å². The summed E-state index contributed by atoms with van der Waals surface area (Å²) in [7, 11) is 0. The smallest absolute Gasteiger partial charge is 0.219 e. The van der Waals surface area contributed by atoms with Crippen LogP contribution in [-0.2, 0) is 11.3 Å². The molecule has 1 unspecified atom stereocenters. The predicted molar refractivity (Wildman–Crippen MR) is 60.9 cm³/mol. The molecule has 88 valence electrons. The number of likely N-dealkylation sites (tertiary alicyclic amines) is 1. The fraction of sp³-hybridized carbons (Fsp3) is 0.583. The van der Waals surface area contributed by atoms with Gasteiger partial charge in [-0.25, -0.2) is 0 Å². The minimum Gasteiger partial charge on any atom is -0.468 e. The van der Waals surface area contributed by atoms with Crippen LogP contribution in [0.2, 0.25) is 0 Å². The molecule has 1 aromatic heterocycles. The highest BCUT2D eigenvalue weighted by molar-refractivity contribution is 5.73. The van der Waals surface area contributed by atoms with Crippen molar-refractivity contribution in [3.8, 4) is 0 Å². The lowest BCUT2D eigenvalue weighted by molar-refractivity contribution is -0.127. The summed E-state index contributed by atoms with van der Waals surface area (Å²) in [5.41, 5.74) is 1.17. The van der Waals surface area contributed by atoms with Crippen molar-refractivity contribution in [2.45, 2.75) is 32.9 Å². The van der Waals surface area contributed by atoms with Gasteiger partial charge in [-0.3, -0.25) is 4.79 Å². The van der Waals surface area contributed by atoms with Crippen LogP contribution >= 0.6 is 0 Å². The molecule has 16 heavy (non-hydrogen) atoms. The molecule has 0 bridgehead atoms. The van der Waals surface area contributed by atoms with Crippen LogP contribution in [0.4, 0.5) is 0 Å². The zero-order valence-electron chi connectivity index (χ0n) is 9.82. The van der Waals surface area contributed by atoms with Gasteiger partial charge in [0.05, 0.1) is 12.8 Å². The highest BCUT2D eigenvalue weighted by atomic mass is 16.3. The number of aryl methyl sites for hydroxylation is 1. The topological polar surface area (TPSA) is 45.5 Å². The quantitative estimate of drug-likeness (QED) is 0.838. The number of carbonyl (C=O) groups is 1. The molecule has 1 aliphatic heterocycles. The van der Waals surface area contributed by atoms with Gasteiger partial charge in [0.25, 0.3) is 0 Å². The van der Waals surface area contributed by atoms with Gasteiger partial charge in [0.1, 0.15) is 5.76 Å². The van der Waals surface area contributed by atoms with Gasteiger partial charge in [0.15, 0.2) is 0 Å². The second-order valence-corrected chi connectivity index (χ2v) is 4.36. The van der Waals surface area contributed by atoms with E-state index in [-0.39, 0.29) is 5.91 Å². The van der Waals surface area contributed by atoms with E-state index in [1.807, 2.05) is 17.9 Å². The van der Waals surface area contributed by atoms with Gasteiger partial charge in [0, 0.05) is 26.1 Å². The second kappa shape index (κ2) is 4.70. The monoisotopic (exact) mass is 222 g/mol. The van der Waals surface area contributed by atoms with Gasteiger partial charge in [-0.2, -0.15) is 0 Å². The normalized spacial score (nSPS) is 20.4. The molecule has 0 radical (unpaired) electrons. The van der Waals surface area contributed by atoms with E-state index >= 15 is 0 Å². The van der Waals surface area contributed by atoms with Crippen molar-refractivity contribution in [1.29, 1.82) is 0 Å². The van der Waals surface area contributed by atoms with Crippen LogP contribution in [-0.4, -0.2) is 29.9 Å². The molecule has 1 atom stereocenters. The third kappa shape index (κ3) is 2.44. The van der Waals surface area contributed by atoms with Crippen LogP contribution in [0.15, 0.2) is 16.7 Å². The maximum atomic E-state index is 11.2. The van der Waals surface area contributed by atoms with Gasteiger partial charge < -0.3 is 14.6 Å². The Hall–Kier alpha value is -1.29. The predicted octanol–water partition coefficient (Wildman–Crippen LogP) is 1.30. The summed E-state index contributed by atoms with van der Waals surface area (Å²) in [6.07, 6.45) is 2.74. The molecule has 0 aromatic carbocycles. The average molecular weight is 222 g/mol. The molecular formula is C12H18N2O2. The number of carbonyl (C=O) groups excluding carboxylic acids is 1. The Balaban J connectivity index is 1.80. The van der Waals surface area contributed by atoms with E-state index in [0.29, 0.717) is 6.04 Å². The van der Waals surface area contributed by atoms with Crippen LogP contribution < -0.4 is 5.32 Å². The summed E-state index contributed by atoms with van der Waals surface area (Å²) in [6.45, 7) is 6.09. The van der Waals surface area contributed by atoms with Crippen molar-refractivity contribution < 1.29 is 9.21 Å². The van der Waals surface area contributed by atoms with E-state index < -0.39 is 0 Å². The lowest BCUT2D eigenvalue weighted by atomic mass is 10.2. The summed E-state index contributed by atoms with van der Waals surface area (Å²) in [4.78, 5) is 13.0. The molecule has 2 rings (SSSR count). The van der Waals surface area contributed by atoms with Crippen molar-refractivity contribution in [2.24, 2.45) is 0 Å². The third-order valence-corrected chi connectivity index (χ3v) is 3.15. The molecule has 4 nitrogen and oxygen atoms in total. The zero-order chi connectivity index (χ0) is 11.5. The largest absolute Gasteiger partial charge is 0.468 e. The van der Waals surface area contributed by atoms with E-state index in [1.54, 1.807) is 13.2 Å². The van der Waals surface area contributed by atoms with Crippen molar-refractivity contribution in [1.82, 2.24) is 10.2 Å². The Labute approximate surface area is 95.6 Å². The van der Waals surface area contributed by atoms with Gasteiger partial charge in [-0.15, -0.1) is 0 Å². The van der Waals surface area contributed by atoms with E-state index in [4.69, 9.17) is 4.42 Å². The molecule has 2 heterocycles. The van der Waals surface area contributed by atoms with E-state index in [0.717, 1.165) is 31.8 Å². The minimum atomic E-state index is 0.165. The van der Waals surface area contributed by atoms with Gasteiger partial charge in [-0.1, -0.05) is 0 Å². The molecule has 1 fully saturated rings. The van der Waals surface area contributed by atoms with Crippen molar-refractivity contribution >= 4 is 5.91 Å². The first-order chi connectivity index (χ1) is 7.66. The molecule has 1 N–H and O–H groups in total. The minimum absolute atomic E-state index is 0.165. The Morgan fingerprint density at radius 3 is 3.06 bits per heavy atom. The lowest BCUT2D eigenvalue weighted by Gasteiger charge is -2.14. The highest BCUT2D eigenvalue weighted by Gasteiger charge is 2.23. The van der Waals surface area contributed by atoms with Gasteiger partial charge >= 0.3 is 0 Å². The molecule has 0 aliphatic carbocycles. The molecule has 1 aromatic rings. The number of furan rings is 1. The van der Waals surface area contributed by atoms with Crippen LogP contribution in [0.25, 0.3) is 0 Å². The maximum absolute atomic E-state index is 11.2. The maximum Gasteiger partial charge on any atom is 0.219 e. The molecule has 1 saturated heterocycles. The fourth-order valence-electron chi connectivity index (χ4n) is 2.04. The number of hydrogen-bond acceptors (Lipinski definition) is 3. The van der Waals surface area contributed by atoms with E-state index in [1.165, 1.54) is 5.56 Å². The Morgan fingerprint density at radius 2 is 2.50 bits per heavy atom.